The number of hydrogen-bond donors (Lipinski definition) is 1. The molecule has 5 heteroatoms. The van der Waals surface area contributed by atoms with Gasteiger partial charge in [0.25, 0.3) is 5.91 Å². The molecule has 100 valence electrons. The van der Waals surface area contributed by atoms with E-state index in [0.717, 1.165) is 30.4 Å². The van der Waals surface area contributed by atoms with Crippen LogP contribution < -0.4 is 5.48 Å². The maximum Gasteiger partial charge on any atom is 0.284 e. The van der Waals surface area contributed by atoms with Gasteiger partial charge in [0.1, 0.15) is 5.82 Å². The largest absolute Gasteiger partial charge is 0.284 e. The number of carbonyl (C=O) groups is 1. The minimum Gasteiger partial charge on any atom is -0.270 e. The molecule has 1 aliphatic carbocycles. The van der Waals surface area contributed by atoms with Crippen LogP contribution >= 0.6 is 11.3 Å². The number of carbonyl (C=O) groups excluding carboxylic acids is 1. The van der Waals surface area contributed by atoms with E-state index in [1.54, 1.807) is 18.2 Å². The molecule has 0 atom stereocenters. The van der Waals surface area contributed by atoms with Gasteiger partial charge in [0.15, 0.2) is 0 Å². The van der Waals surface area contributed by atoms with Crippen molar-refractivity contribution >= 4 is 27.3 Å². The molecular weight excluding hydrogens is 265 g/mol. The maximum absolute atomic E-state index is 13.5. The highest BCUT2D eigenvalue weighted by Crippen LogP contribution is 2.27. The summed E-state index contributed by atoms with van der Waals surface area (Å²) in [5, 5.41) is 0.485. The molecule has 0 spiro atoms. The second-order valence-corrected chi connectivity index (χ2v) is 5.80. The monoisotopic (exact) mass is 279 g/mol. The van der Waals surface area contributed by atoms with E-state index in [1.807, 2.05) is 0 Å². The summed E-state index contributed by atoms with van der Waals surface area (Å²) in [5.74, 6) is -0.600. The fraction of sp³-hybridized carbons (Fsp3) is 0.357. The highest BCUT2D eigenvalue weighted by Gasteiger charge is 2.18. The van der Waals surface area contributed by atoms with Crippen molar-refractivity contribution < 1.29 is 14.0 Å². The number of fused-ring (bicyclic) bond motifs is 1. The molecule has 0 radical (unpaired) electrons. The molecule has 1 aliphatic rings. The summed E-state index contributed by atoms with van der Waals surface area (Å²) in [6.45, 7) is 0. The minimum atomic E-state index is -0.301. The first kappa shape index (κ1) is 12.6. The van der Waals surface area contributed by atoms with Crippen molar-refractivity contribution in [1.82, 2.24) is 5.48 Å². The van der Waals surface area contributed by atoms with Crippen molar-refractivity contribution in [3.05, 3.63) is 35.0 Å². The Morgan fingerprint density at radius 3 is 2.89 bits per heavy atom. The second-order valence-electron chi connectivity index (χ2n) is 4.72. The minimum absolute atomic E-state index is 0.120. The molecule has 1 amide bonds. The fourth-order valence-electron chi connectivity index (χ4n) is 2.33. The highest BCUT2D eigenvalue weighted by atomic mass is 32.1. The molecule has 0 unspecified atom stereocenters. The molecule has 1 N–H and O–H groups in total. The molecule has 0 aliphatic heterocycles. The maximum atomic E-state index is 13.5. The molecule has 3 rings (SSSR count). The zero-order chi connectivity index (χ0) is 13.2. The van der Waals surface area contributed by atoms with Gasteiger partial charge in [-0.05, 0) is 31.0 Å². The molecule has 3 nitrogen and oxygen atoms in total. The van der Waals surface area contributed by atoms with Crippen LogP contribution in [0.5, 0.6) is 0 Å². The Labute approximate surface area is 114 Å². The molecule has 1 fully saturated rings. The van der Waals surface area contributed by atoms with E-state index in [2.05, 4.69) is 5.48 Å². The van der Waals surface area contributed by atoms with Gasteiger partial charge in [-0.3, -0.25) is 9.63 Å². The molecule has 0 bridgehead atoms. The zero-order valence-electron chi connectivity index (χ0n) is 10.3. The molecule has 2 aromatic rings. The predicted octanol–water partition coefficient (Wildman–Crippen LogP) is 3.64. The van der Waals surface area contributed by atoms with Gasteiger partial charge in [-0.25, -0.2) is 9.87 Å². The molecular formula is C14H14FNO2S. The van der Waals surface area contributed by atoms with Crippen molar-refractivity contribution in [2.45, 2.75) is 31.8 Å². The van der Waals surface area contributed by atoms with E-state index >= 15 is 0 Å². The van der Waals surface area contributed by atoms with Gasteiger partial charge >= 0.3 is 0 Å². The van der Waals surface area contributed by atoms with E-state index in [0.29, 0.717) is 10.3 Å². The average Bonchev–Trinajstić information content (AvgIpc) is 3.05. The number of benzene rings is 1. The summed E-state index contributed by atoms with van der Waals surface area (Å²) in [6.07, 6.45) is 4.39. The van der Waals surface area contributed by atoms with Crippen LogP contribution in [0.2, 0.25) is 0 Å². The van der Waals surface area contributed by atoms with E-state index in [9.17, 15) is 9.18 Å². The lowest BCUT2D eigenvalue weighted by molar-refractivity contribution is -0.0122. The van der Waals surface area contributed by atoms with Crippen LogP contribution in [-0.4, -0.2) is 12.0 Å². The van der Waals surface area contributed by atoms with Crippen LogP contribution in [0.25, 0.3) is 10.1 Å². The van der Waals surface area contributed by atoms with Crippen LogP contribution in [0.1, 0.15) is 35.4 Å². The van der Waals surface area contributed by atoms with E-state index in [-0.39, 0.29) is 17.8 Å². The third-order valence-electron chi connectivity index (χ3n) is 3.35. The van der Waals surface area contributed by atoms with E-state index in [4.69, 9.17) is 4.84 Å². The Morgan fingerprint density at radius 1 is 1.37 bits per heavy atom. The topological polar surface area (TPSA) is 38.3 Å². The van der Waals surface area contributed by atoms with Gasteiger partial charge in [0, 0.05) is 10.1 Å². The first-order valence-electron chi connectivity index (χ1n) is 6.38. The summed E-state index contributed by atoms with van der Waals surface area (Å²) in [4.78, 5) is 17.8. The quantitative estimate of drug-likeness (QED) is 0.871. The van der Waals surface area contributed by atoms with E-state index < -0.39 is 0 Å². The zero-order valence-corrected chi connectivity index (χ0v) is 11.1. The normalized spacial score (nSPS) is 16.1. The summed E-state index contributed by atoms with van der Waals surface area (Å²) in [6, 6.07) is 6.41. The standard InChI is InChI=1S/C14H14FNO2S/c15-11-6-3-7-12-10(11)8-13(19-12)14(17)16-18-9-4-1-2-5-9/h3,6-9H,1-2,4-5H2,(H,16,17). The lowest BCUT2D eigenvalue weighted by Crippen LogP contribution is -2.27. The SMILES string of the molecule is O=C(NOC1CCCC1)c1cc2c(F)cccc2s1. The Morgan fingerprint density at radius 2 is 2.16 bits per heavy atom. The molecule has 1 aromatic heterocycles. The number of nitrogens with one attached hydrogen (secondary N) is 1. The Hall–Kier alpha value is -1.46. The van der Waals surface area contributed by atoms with Gasteiger partial charge in [-0.1, -0.05) is 18.9 Å². The number of hydroxylamine groups is 1. The number of rotatable bonds is 3. The van der Waals surface area contributed by atoms with Gasteiger partial charge in [-0.2, -0.15) is 0 Å². The summed E-state index contributed by atoms with van der Waals surface area (Å²) >= 11 is 1.27. The summed E-state index contributed by atoms with van der Waals surface area (Å²) in [5.41, 5.74) is 2.47. The lowest BCUT2D eigenvalue weighted by atomic mass is 10.2. The molecule has 19 heavy (non-hydrogen) atoms. The smallest absolute Gasteiger partial charge is 0.270 e. The van der Waals surface area contributed by atoms with Crippen molar-refractivity contribution in [3.63, 3.8) is 0 Å². The molecule has 1 saturated carbocycles. The molecule has 1 heterocycles. The first-order chi connectivity index (χ1) is 9.24. The molecule has 1 aromatic carbocycles. The second kappa shape index (κ2) is 5.27. The average molecular weight is 279 g/mol. The van der Waals surface area contributed by atoms with Crippen LogP contribution in [0.3, 0.4) is 0 Å². The Balaban J connectivity index is 1.72. The third kappa shape index (κ3) is 2.62. The van der Waals surface area contributed by atoms with Gasteiger partial charge in [0.2, 0.25) is 0 Å². The number of thiophene rings is 1. The van der Waals surface area contributed by atoms with Gasteiger partial charge < -0.3 is 0 Å². The highest BCUT2D eigenvalue weighted by molar-refractivity contribution is 7.20. The van der Waals surface area contributed by atoms with Crippen LogP contribution in [0, 0.1) is 5.82 Å². The van der Waals surface area contributed by atoms with Crippen LogP contribution in [0.4, 0.5) is 4.39 Å². The van der Waals surface area contributed by atoms with Crippen molar-refractivity contribution in [2.75, 3.05) is 0 Å². The lowest BCUT2D eigenvalue weighted by Gasteiger charge is -2.10. The summed E-state index contributed by atoms with van der Waals surface area (Å²) in [7, 11) is 0. The number of hydrogen-bond acceptors (Lipinski definition) is 3. The fourth-order valence-corrected chi connectivity index (χ4v) is 3.29. The molecule has 0 saturated heterocycles. The van der Waals surface area contributed by atoms with Crippen LogP contribution in [0.15, 0.2) is 24.3 Å². The van der Waals surface area contributed by atoms with E-state index in [1.165, 1.54) is 17.4 Å². The van der Waals surface area contributed by atoms with Gasteiger partial charge in [0.05, 0.1) is 11.0 Å². The number of halogens is 1. The van der Waals surface area contributed by atoms with Crippen molar-refractivity contribution in [1.29, 1.82) is 0 Å². The Kier molecular flexibility index (Phi) is 3.48. The van der Waals surface area contributed by atoms with Gasteiger partial charge in [-0.15, -0.1) is 11.3 Å². The predicted molar refractivity (Wildman–Crippen MR) is 72.6 cm³/mol. The third-order valence-corrected chi connectivity index (χ3v) is 4.45. The number of amides is 1. The first-order valence-corrected chi connectivity index (χ1v) is 7.20. The van der Waals surface area contributed by atoms with Crippen molar-refractivity contribution in [3.8, 4) is 0 Å². The van der Waals surface area contributed by atoms with Crippen LogP contribution in [-0.2, 0) is 4.84 Å². The van der Waals surface area contributed by atoms with Crippen molar-refractivity contribution in [2.24, 2.45) is 0 Å². The Bertz CT molecular complexity index is 605. The summed E-state index contributed by atoms with van der Waals surface area (Å²) < 4.78 is 14.3.